The highest BCUT2D eigenvalue weighted by Gasteiger charge is 2.26. The summed E-state index contributed by atoms with van der Waals surface area (Å²) in [5.74, 6) is 2.78. The van der Waals surface area contributed by atoms with Gasteiger partial charge in [0, 0.05) is 31.3 Å². The molecule has 0 radical (unpaired) electrons. The number of hydrogen-bond acceptors (Lipinski definition) is 5. The van der Waals surface area contributed by atoms with Gasteiger partial charge in [0.25, 0.3) is 11.8 Å². The van der Waals surface area contributed by atoms with Gasteiger partial charge >= 0.3 is 0 Å². The van der Waals surface area contributed by atoms with Gasteiger partial charge in [-0.05, 0) is 37.5 Å². The second-order valence-corrected chi connectivity index (χ2v) is 6.74. The van der Waals surface area contributed by atoms with Crippen molar-refractivity contribution in [2.24, 2.45) is 5.73 Å². The van der Waals surface area contributed by atoms with Crippen LogP contribution in [0, 0.1) is 12.3 Å². The summed E-state index contributed by atoms with van der Waals surface area (Å²) in [5.41, 5.74) is 8.21. The molecule has 1 aromatic carbocycles. The number of likely N-dealkylation sites (tertiary alicyclic amines) is 1. The molecule has 0 spiro atoms. The molecule has 146 valence electrons. The van der Waals surface area contributed by atoms with Gasteiger partial charge in [0.05, 0.1) is 5.69 Å². The first-order chi connectivity index (χ1) is 13.4. The van der Waals surface area contributed by atoms with Crippen LogP contribution in [0.4, 0.5) is 5.82 Å². The third-order valence-electron chi connectivity index (χ3n) is 4.77. The predicted octanol–water partition coefficient (Wildman–Crippen LogP) is 0.520. The highest BCUT2D eigenvalue weighted by molar-refractivity contribution is 5.94. The average molecular weight is 381 g/mol. The minimum absolute atomic E-state index is 0.148. The van der Waals surface area contributed by atoms with E-state index in [1.165, 1.54) is 4.90 Å². The number of rotatable bonds is 2. The van der Waals surface area contributed by atoms with E-state index in [2.05, 4.69) is 16.3 Å². The van der Waals surface area contributed by atoms with Crippen molar-refractivity contribution in [3.63, 3.8) is 0 Å². The standard InChI is InChI=1S/C15H14N4O.C5H9NO2/c1-2-10-5-3-6-11(9-10)19-15-12(7-4-8-17-15)13(18-19)14(16)20;1-6-3-2-4(7)5(6)8/h1,3,5-6,9,17H,4,7-8H2,(H2,16,20);4,7H,2-3H2,1H3/t;4-/m.0/s1. The minimum Gasteiger partial charge on any atom is -0.383 e. The van der Waals surface area contributed by atoms with Crippen LogP contribution in [-0.4, -0.2) is 57.8 Å². The topological polar surface area (TPSA) is 113 Å². The normalized spacial score (nSPS) is 17.8. The molecule has 4 N–H and O–H groups in total. The van der Waals surface area contributed by atoms with Crippen molar-refractivity contribution in [3.05, 3.63) is 41.1 Å². The fourth-order valence-corrected chi connectivity index (χ4v) is 3.26. The van der Waals surface area contributed by atoms with Crippen molar-refractivity contribution in [1.82, 2.24) is 14.7 Å². The first kappa shape index (κ1) is 19.5. The van der Waals surface area contributed by atoms with Gasteiger partial charge in [-0.15, -0.1) is 6.42 Å². The number of carbonyl (C=O) groups is 2. The maximum absolute atomic E-state index is 11.5. The molecular formula is C20H23N5O3. The smallest absolute Gasteiger partial charge is 0.269 e. The Morgan fingerprint density at radius 1 is 1.46 bits per heavy atom. The van der Waals surface area contributed by atoms with Gasteiger partial charge in [-0.1, -0.05) is 12.0 Å². The Bertz CT molecular complexity index is 932. The maximum Gasteiger partial charge on any atom is 0.269 e. The number of hydrogen-bond donors (Lipinski definition) is 3. The molecule has 2 aliphatic heterocycles. The third-order valence-corrected chi connectivity index (χ3v) is 4.77. The number of anilines is 1. The molecule has 2 amide bonds. The van der Waals surface area contributed by atoms with Gasteiger partial charge in [-0.2, -0.15) is 5.10 Å². The lowest BCUT2D eigenvalue weighted by Crippen LogP contribution is -2.24. The third kappa shape index (κ3) is 3.85. The van der Waals surface area contributed by atoms with Crippen LogP contribution in [-0.2, 0) is 11.2 Å². The lowest BCUT2D eigenvalue weighted by Gasteiger charge is -2.16. The number of nitrogens with zero attached hydrogens (tertiary/aromatic N) is 3. The predicted molar refractivity (Wildman–Crippen MR) is 105 cm³/mol. The Morgan fingerprint density at radius 2 is 2.25 bits per heavy atom. The highest BCUT2D eigenvalue weighted by atomic mass is 16.3. The van der Waals surface area contributed by atoms with E-state index in [9.17, 15) is 9.59 Å². The summed E-state index contributed by atoms with van der Waals surface area (Å²) in [4.78, 5) is 23.6. The lowest BCUT2D eigenvalue weighted by molar-refractivity contribution is -0.133. The summed E-state index contributed by atoms with van der Waals surface area (Å²) in [6, 6.07) is 7.47. The molecule has 0 unspecified atom stereocenters. The summed E-state index contributed by atoms with van der Waals surface area (Å²) in [6.45, 7) is 1.55. The van der Waals surface area contributed by atoms with Gasteiger partial charge in [0.2, 0.25) is 0 Å². The molecule has 8 heteroatoms. The number of nitrogens with one attached hydrogen (secondary N) is 1. The average Bonchev–Trinajstić information content (AvgIpc) is 3.24. The van der Waals surface area contributed by atoms with Crippen LogP contribution >= 0.6 is 0 Å². The molecule has 1 fully saturated rings. The second kappa shape index (κ2) is 8.15. The van der Waals surface area contributed by atoms with E-state index in [0.717, 1.165) is 42.0 Å². The molecule has 0 saturated carbocycles. The molecule has 1 saturated heterocycles. The van der Waals surface area contributed by atoms with E-state index in [0.29, 0.717) is 18.7 Å². The highest BCUT2D eigenvalue weighted by Crippen LogP contribution is 2.28. The van der Waals surface area contributed by atoms with Crippen molar-refractivity contribution in [2.45, 2.75) is 25.4 Å². The van der Waals surface area contributed by atoms with Crippen LogP contribution < -0.4 is 11.1 Å². The van der Waals surface area contributed by atoms with E-state index in [1.54, 1.807) is 11.7 Å². The van der Waals surface area contributed by atoms with E-state index < -0.39 is 12.0 Å². The number of aliphatic hydroxyl groups excluding tert-OH is 1. The summed E-state index contributed by atoms with van der Waals surface area (Å²) < 4.78 is 1.70. The summed E-state index contributed by atoms with van der Waals surface area (Å²) in [7, 11) is 1.69. The summed E-state index contributed by atoms with van der Waals surface area (Å²) in [5, 5.41) is 16.4. The molecule has 1 aromatic heterocycles. The first-order valence-electron chi connectivity index (χ1n) is 9.08. The zero-order valence-corrected chi connectivity index (χ0v) is 15.7. The van der Waals surface area contributed by atoms with Gasteiger partial charge < -0.3 is 21.1 Å². The number of fused-ring (bicyclic) bond motifs is 1. The molecule has 0 aliphatic carbocycles. The van der Waals surface area contributed by atoms with Crippen LogP contribution in [0.1, 0.15) is 34.5 Å². The largest absolute Gasteiger partial charge is 0.383 e. The molecule has 28 heavy (non-hydrogen) atoms. The van der Waals surface area contributed by atoms with Gasteiger partial charge in [0.1, 0.15) is 11.9 Å². The number of terminal acetylenes is 1. The molecule has 8 nitrogen and oxygen atoms in total. The Labute approximate surface area is 163 Å². The van der Waals surface area contributed by atoms with Crippen molar-refractivity contribution in [1.29, 1.82) is 0 Å². The Hall–Kier alpha value is -3.31. The maximum atomic E-state index is 11.5. The van der Waals surface area contributed by atoms with Gasteiger partial charge in [0.15, 0.2) is 5.69 Å². The number of carbonyl (C=O) groups excluding carboxylic acids is 2. The molecule has 3 heterocycles. The summed E-state index contributed by atoms with van der Waals surface area (Å²) >= 11 is 0. The van der Waals surface area contributed by atoms with Crippen molar-refractivity contribution in [3.8, 4) is 18.0 Å². The van der Waals surface area contributed by atoms with Crippen molar-refractivity contribution >= 4 is 17.6 Å². The van der Waals surface area contributed by atoms with Gasteiger partial charge in [-0.3, -0.25) is 9.59 Å². The van der Waals surface area contributed by atoms with Crippen LogP contribution in [0.3, 0.4) is 0 Å². The van der Waals surface area contributed by atoms with Crippen LogP contribution in [0.5, 0.6) is 0 Å². The molecule has 4 rings (SSSR count). The molecule has 1 atom stereocenters. The first-order valence-corrected chi connectivity index (χ1v) is 9.08. The van der Waals surface area contributed by atoms with Gasteiger partial charge in [-0.25, -0.2) is 4.68 Å². The number of aromatic nitrogens is 2. The number of amides is 2. The number of aliphatic hydroxyl groups is 1. The number of benzene rings is 1. The van der Waals surface area contributed by atoms with Crippen molar-refractivity contribution in [2.75, 3.05) is 25.5 Å². The molecule has 2 aromatic rings. The molecule has 2 aliphatic rings. The zero-order chi connectivity index (χ0) is 20.3. The van der Waals surface area contributed by atoms with Crippen molar-refractivity contribution < 1.29 is 14.7 Å². The van der Waals surface area contributed by atoms with E-state index in [4.69, 9.17) is 17.3 Å². The van der Waals surface area contributed by atoms with E-state index in [1.807, 2.05) is 24.3 Å². The molecular weight excluding hydrogens is 358 g/mol. The lowest BCUT2D eigenvalue weighted by atomic mass is 10.1. The SMILES string of the molecule is C#Cc1cccc(-n2nc(C(N)=O)c3c2NCCC3)c1.CN1CC[C@H](O)C1=O. The Morgan fingerprint density at radius 3 is 2.82 bits per heavy atom. The Balaban J connectivity index is 0.000000236. The summed E-state index contributed by atoms with van der Waals surface area (Å²) in [6.07, 6.45) is 7.05. The van der Waals surface area contributed by atoms with Crippen LogP contribution in [0.15, 0.2) is 24.3 Å². The molecule has 0 bridgehead atoms. The minimum atomic E-state index is -0.722. The number of nitrogens with two attached hydrogens (primary N) is 1. The fraction of sp³-hybridized carbons (Fsp3) is 0.350. The van der Waals surface area contributed by atoms with Crippen LogP contribution in [0.25, 0.3) is 5.69 Å². The quantitative estimate of drug-likeness (QED) is 0.657. The van der Waals surface area contributed by atoms with E-state index in [-0.39, 0.29) is 5.91 Å². The second-order valence-electron chi connectivity index (χ2n) is 6.74. The van der Waals surface area contributed by atoms with E-state index >= 15 is 0 Å². The van der Waals surface area contributed by atoms with Crippen LogP contribution in [0.2, 0.25) is 0 Å². The number of likely N-dealkylation sites (N-methyl/N-ethyl adjacent to an activating group) is 1. The fourth-order valence-electron chi connectivity index (χ4n) is 3.26. The zero-order valence-electron chi connectivity index (χ0n) is 15.7. The number of primary amides is 1. The monoisotopic (exact) mass is 381 g/mol. The Kier molecular flexibility index (Phi) is 5.66.